The summed E-state index contributed by atoms with van der Waals surface area (Å²) < 4.78 is 0. The summed E-state index contributed by atoms with van der Waals surface area (Å²) in [5.74, 6) is -0.424. The van der Waals surface area contributed by atoms with Gasteiger partial charge in [0.15, 0.2) is 0 Å². The molecule has 2 rings (SSSR count). The van der Waals surface area contributed by atoms with Gasteiger partial charge in [0, 0.05) is 13.6 Å². The third-order valence-corrected chi connectivity index (χ3v) is 3.35. The highest BCUT2D eigenvalue weighted by Crippen LogP contribution is 2.19. The molecule has 0 bridgehead atoms. The second-order valence-corrected chi connectivity index (χ2v) is 4.74. The molecule has 1 atom stereocenters. The summed E-state index contributed by atoms with van der Waals surface area (Å²) in [7, 11) is 1.57. The van der Waals surface area contributed by atoms with Crippen LogP contribution in [0.3, 0.4) is 0 Å². The average molecular weight is 283 g/mol. The first-order chi connectivity index (χ1) is 9.13. The van der Waals surface area contributed by atoms with Crippen LogP contribution in [0.4, 0.5) is 0 Å². The third-order valence-electron chi connectivity index (χ3n) is 3.15. The van der Waals surface area contributed by atoms with Gasteiger partial charge in [0.1, 0.15) is 16.9 Å². The summed E-state index contributed by atoms with van der Waals surface area (Å²) in [5.41, 5.74) is 0.209. The largest absolute Gasteiger partial charge is 0.357 e. The van der Waals surface area contributed by atoms with E-state index < -0.39 is 6.04 Å². The van der Waals surface area contributed by atoms with E-state index in [2.05, 4.69) is 15.3 Å². The molecule has 0 saturated carbocycles. The second kappa shape index (κ2) is 5.97. The highest BCUT2D eigenvalue weighted by molar-refractivity contribution is 6.29. The topological polar surface area (TPSA) is 75.2 Å². The number of nitrogens with one attached hydrogen (secondary N) is 1. The molecule has 1 fully saturated rings. The number of likely N-dealkylation sites (N-methyl/N-ethyl adjacent to an activating group) is 1. The van der Waals surface area contributed by atoms with Crippen molar-refractivity contribution >= 4 is 23.4 Å². The summed E-state index contributed by atoms with van der Waals surface area (Å²) in [4.78, 5) is 33.5. The number of likely N-dealkylation sites (tertiary alicyclic amines) is 1. The van der Waals surface area contributed by atoms with E-state index >= 15 is 0 Å². The van der Waals surface area contributed by atoms with Crippen LogP contribution in [-0.4, -0.2) is 46.3 Å². The fourth-order valence-corrected chi connectivity index (χ4v) is 2.28. The van der Waals surface area contributed by atoms with E-state index in [9.17, 15) is 9.59 Å². The monoisotopic (exact) mass is 282 g/mol. The Labute approximate surface area is 116 Å². The minimum absolute atomic E-state index is 0.144. The average Bonchev–Trinajstić information content (AvgIpc) is 2.46. The van der Waals surface area contributed by atoms with Crippen molar-refractivity contribution in [2.45, 2.75) is 25.3 Å². The first kappa shape index (κ1) is 13.7. The van der Waals surface area contributed by atoms with Crippen LogP contribution in [0, 0.1) is 0 Å². The van der Waals surface area contributed by atoms with Crippen LogP contribution in [0.15, 0.2) is 12.4 Å². The van der Waals surface area contributed by atoms with Crippen LogP contribution in [0.5, 0.6) is 0 Å². The molecular weight excluding hydrogens is 268 g/mol. The lowest BCUT2D eigenvalue weighted by Gasteiger charge is -2.34. The number of carbonyl (C=O) groups excluding carboxylic acids is 2. The Kier molecular flexibility index (Phi) is 4.31. The van der Waals surface area contributed by atoms with Gasteiger partial charge in [0.2, 0.25) is 5.91 Å². The zero-order valence-corrected chi connectivity index (χ0v) is 11.4. The van der Waals surface area contributed by atoms with Crippen LogP contribution >= 0.6 is 11.6 Å². The summed E-state index contributed by atoms with van der Waals surface area (Å²) in [5, 5.41) is 2.82. The van der Waals surface area contributed by atoms with Crippen molar-refractivity contribution < 1.29 is 9.59 Å². The number of hydrogen-bond acceptors (Lipinski definition) is 4. The fourth-order valence-electron chi connectivity index (χ4n) is 2.18. The number of carbonyl (C=O) groups is 2. The molecule has 0 radical (unpaired) electrons. The van der Waals surface area contributed by atoms with Crippen LogP contribution in [0.25, 0.3) is 0 Å². The highest BCUT2D eigenvalue weighted by Gasteiger charge is 2.32. The van der Waals surface area contributed by atoms with Gasteiger partial charge < -0.3 is 10.2 Å². The molecule has 1 saturated heterocycles. The van der Waals surface area contributed by atoms with Crippen LogP contribution in [0.1, 0.15) is 29.8 Å². The molecular formula is C12H15ClN4O2. The molecule has 7 heteroatoms. The van der Waals surface area contributed by atoms with E-state index in [1.165, 1.54) is 12.4 Å². The molecule has 0 aromatic carbocycles. The lowest BCUT2D eigenvalue weighted by Crippen LogP contribution is -2.51. The Hall–Kier alpha value is -1.69. The quantitative estimate of drug-likeness (QED) is 0.873. The molecule has 2 amide bonds. The van der Waals surface area contributed by atoms with Crippen molar-refractivity contribution in [1.29, 1.82) is 0 Å². The van der Waals surface area contributed by atoms with Crippen LogP contribution < -0.4 is 5.32 Å². The first-order valence-corrected chi connectivity index (χ1v) is 6.51. The molecule has 2 heterocycles. The van der Waals surface area contributed by atoms with Crippen molar-refractivity contribution in [2.75, 3.05) is 13.6 Å². The predicted molar refractivity (Wildman–Crippen MR) is 69.8 cm³/mol. The van der Waals surface area contributed by atoms with E-state index in [1.807, 2.05) is 0 Å². The van der Waals surface area contributed by atoms with Gasteiger partial charge in [-0.15, -0.1) is 0 Å². The molecule has 1 aromatic rings. The lowest BCUT2D eigenvalue weighted by molar-refractivity contribution is -0.126. The smallest absolute Gasteiger partial charge is 0.274 e. The Morgan fingerprint density at radius 1 is 1.37 bits per heavy atom. The van der Waals surface area contributed by atoms with Gasteiger partial charge in [-0.3, -0.25) is 9.59 Å². The summed E-state index contributed by atoms with van der Waals surface area (Å²) in [6.07, 6.45) is 5.16. The highest BCUT2D eigenvalue weighted by atomic mass is 35.5. The Bertz CT molecular complexity index is 477. The summed E-state index contributed by atoms with van der Waals surface area (Å²) in [6.45, 7) is 0.557. The second-order valence-electron chi connectivity index (χ2n) is 4.35. The van der Waals surface area contributed by atoms with Crippen LogP contribution in [0.2, 0.25) is 5.15 Å². The summed E-state index contributed by atoms with van der Waals surface area (Å²) in [6, 6.07) is -0.427. The van der Waals surface area contributed by atoms with E-state index in [-0.39, 0.29) is 22.7 Å². The van der Waals surface area contributed by atoms with Gasteiger partial charge in [-0.25, -0.2) is 9.97 Å². The van der Waals surface area contributed by atoms with E-state index in [0.717, 1.165) is 12.8 Å². The molecule has 1 aromatic heterocycles. The van der Waals surface area contributed by atoms with Gasteiger partial charge in [-0.05, 0) is 19.3 Å². The fraction of sp³-hybridized carbons (Fsp3) is 0.500. The van der Waals surface area contributed by atoms with Gasteiger partial charge in [-0.1, -0.05) is 11.6 Å². The molecule has 1 aliphatic rings. The van der Waals surface area contributed by atoms with Gasteiger partial charge in [0.25, 0.3) is 5.91 Å². The van der Waals surface area contributed by atoms with Crippen molar-refractivity contribution in [3.8, 4) is 0 Å². The Morgan fingerprint density at radius 3 is 2.79 bits per heavy atom. The number of piperidine rings is 1. The normalized spacial score (nSPS) is 19.1. The lowest BCUT2D eigenvalue weighted by atomic mass is 10.0. The maximum absolute atomic E-state index is 12.3. The number of halogens is 1. The summed E-state index contributed by atoms with van der Waals surface area (Å²) >= 11 is 5.64. The minimum Gasteiger partial charge on any atom is -0.357 e. The molecule has 0 spiro atoms. The molecule has 1 aliphatic heterocycles. The molecule has 1 unspecified atom stereocenters. The van der Waals surface area contributed by atoms with Gasteiger partial charge in [0.05, 0.1) is 12.4 Å². The van der Waals surface area contributed by atoms with Gasteiger partial charge in [-0.2, -0.15) is 0 Å². The SMILES string of the molecule is CNC(=O)C1CCCCN1C(=O)c1cnc(Cl)cn1. The maximum atomic E-state index is 12.3. The zero-order chi connectivity index (χ0) is 13.8. The van der Waals surface area contributed by atoms with E-state index in [1.54, 1.807) is 11.9 Å². The first-order valence-electron chi connectivity index (χ1n) is 6.13. The van der Waals surface area contributed by atoms with Crippen LogP contribution in [-0.2, 0) is 4.79 Å². The number of amides is 2. The molecule has 102 valence electrons. The van der Waals surface area contributed by atoms with E-state index in [4.69, 9.17) is 11.6 Å². The zero-order valence-electron chi connectivity index (χ0n) is 10.6. The Balaban J connectivity index is 2.20. The maximum Gasteiger partial charge on any atom is 0.274 e. The molecule has 1 N–H and O–H groups in total. The molecule has 6 nitrogen and oxygen atoms in total. The predicted octanol–water partition coefficient (Wildman–Crippen LogP) is 0.871. The number of rotatable bonds is 2. The Morgan fingerprint density at radius 2 is 2.16 bits per heavy atom. The van der Waals surface area contributed by atoms with Gasteiger partial charge >= 0.3 is 0 Å². The van der Waals surface area contributed by atoms with Crippen molar-refractivity contribution in [1.82, 2.24) is 20.2 Å². The van der Waals surface area contributed by atoms with Crippen molar-refractivity contribution in [2.24, 2.45) is 0 Å². The van der Waals surface area contributed by atoms with Crippen molar-refractivity contribution in [3.05, 3.63) is 23.2 Å². The van der Waals surface area contributed by atoms with Crippen molar-refractivity contribution in [3.63, 3.8) is 0 Å². The van der Waals surface area contributed by atoms with E-state index in [0.29, 0.717) is 13.0 Å². The standard InChI is InChI=1S/C12H15ClN4O2/c1-14-11(18)9-4-2-3-5-17(9)12(19)8-6-16-10(13)7-15-8/h6-7,9H,2-5H2,1H3,(H,14,18). The molecule has 19 heavy (non-hydrogen) atoms. The molecule has 0 aliphatic carbocycles. The number of hydrogen-bond donors (Lipinski definition) is 1. The minimum atomic E-state index is -0.427. The number of nitrogens with zero attached hydrogens (tertiary/aromatic N) is 3. The third kappa shape index (κ3) is 3.01. The number of aromatic nitrogens is 2.